The molecule has 4 atom stereocenters. The standard InChI is InChI=1S/C19H25NO4S/c21-18(13-25-15-4-2-1-3-5-15)20-10-14-11-24-9-7-19(14,22)16-12-23-8-6-17(16)20/h1-5,14,16-17,22H,6-13H2/t14-,16+,17-,19-/m0/s1. The summed E-state index contributed by atoms with van der Waals surface area (Å²) in [5.41, 5.74) is -0.757. The van der Waals surface area contributed by atoms with E-state index in [1.807, 2.05) is 35.2 Å². The lowest BCUT2D eigenvalue weighted by molar-refractivity contribution is -0.218. The zero-order valence-electron chi connectivity index (χ0n) is 14.3. The molecular formula is C19H25NO4S. The van der Waals surface area contributed by atoms with E-state index in [-0.39, 0.29) is 23.8 Å². The van der Waals surface area contributed by atoms with Crippen molar-refractivity contribution in [2.24, 2.45) is 11.8 Å². The molecule has 0 spiro atoms. The fraction of sp³-hybridized carbons (Fsp3) is 0.632. The average molecular weight is 363 g/mol. The number of amides is 1. The third-order valence-electron chi connectivity index (χ3n) is 5.88. The van der Waals surface area contributed by atoms with Crippen LogP contribution in [0.4, 0.5) is 0 Å². The van der Waals surface area contributed by atoms with Crippen LogP contribution in [-0.4, -0.2) is 66.3 Å². The fourth-order valence-electron chi connectivity index (χ4n) is 4.49. The van der Waals surface area contributed by atoms with Gasteiger partial charge in [0, 0.05) is 49.0 Å². The maximum Gasteiger partial charge on any atom is 0.233 e. The average Bonchev–Trinajstić information content (AvgIpc) is 2.66. The Labute approximate surface area is 152 Å². The van der Waals surface area contributed by atoms with Crippen LogP contribution in [0.25, 0.3) is 0 Å². The van der Waals surface area contributed by atoms with Gasteiger partial charge in [0.2, 0.25) is 5.91 Å². The molecule has 1 N–H and O–H groups in total. The first kappa shape index (κ1) is 17.3. The third kappa shape index (κ3) is 3.33. The topological polar surface area (TPSA) is 59.0 Å². The number of benzene rings is 1. The van der Waals surface area contributed by atoms with E-state index in [0.717, 1.165) is 11.3 Å². The Hall–Kier alpha value is -1.08. The van der Waals surface area contributed by atoms with Crippen molar-refractivity contribution >= 4 is 17.7 Å². The van der Waals surface area contributed by atoms with E-state index in [1.54, 1.807) is 11.8 Å². The van der Waals surface area contributed by atoms with Crippen LogP contribution < -0.4 is 0 Å². The molecular weight excluding hydrogens is 338 g/mol. The zero-order chi connectivity index (χ0) is 17.3. The molecule has 1 aromatic carbocycles. The summed E-state index contributed by atoms with van der Waals surface area (Å²) in [6, 6.07) is 10.1. The number of thioether (sulfide) groups is 1. The van der Waals surface area contributed by atoms with Crippen molar-refractivity contribution in [3.05, 3.63) is 30.3 Å². The molecule has 4 rings (SSSR count). The Morgan fingerprint density at radius 2 is 2.04 bits per heavy atom. The highest BCUT2D eigenvalue weighted by Gasteiger charge is 2.56. The van der Waals surface area contributed by atoms with Crippen LogP contribution in [0.1, 0.15) is 12.8 Å². The van der Waals surface area contributed by atoms with Crippen LogP contribution >= 0.6 is 11.8 Å². The number of rotatable bonds is 3. The molecule has 3 fully saturated rings. The van der Waals surface area contributed by atoms with Crippen molar-refractivity contribution in [3.63, 3.8) is 0 Å². The molecule has 0 saturated carbocycles. The van der Waals surface area contributed by atoms with Gasteiger partial charge in [-0.25, -0.2) is 0 Å². The van der Waals surface area contributed by atoms with Crippen molar-refractivity contribution in [2.45, 2.75) is 29.4 Å². The molecule has 0 aliphatic carbocycles. The molecule has 1 amide bonds. The Morgan fingerprint density at radius 1 is 1.24 bits per heavy atom. The molecule has 3 aliphatic heterocycles. The number of carbonyl (C=O) groups is 1. The van der Waals surface area contributed by atoms with Crippen LogP contribution in [0.5, 0.6) is 0 Å². The van der Waals surface area contributed by atoms with Gasteiger partial charge in [-0.3, -0.25) is 4.79 Å². The molecule has 0 bridgehead atoms. The number of hydrogen-bond donors (Lipinski definition) is 1. The second-order valence-corrected chi connectivity index (χ2v) is 8.25. The first-order chi connectivity index (χ1) is 12.2. The smallest absolute Gasteiger partial charge is 0.233 e. The Kier molecular flexibility index (Phi) is 5.04. The van der Waals surface area contributed by atoms with Gasteiger partial charge in [0.1, 0.15) is 0 Å². The van der Waals surface area contributed by atoms with E-state index in [9.17, 15) is 9.90 Å². The van der Waals surface area contributed by atoms with Gasteiger partial charge in [-0.15, -0.1) is 11.8 Å². The summed E-state index contributed by atoms with van der Waals surface area (Å²) in [5, 5.41) is 11.3. The van der Waals surface area contributed by atoms with Crippen molar-refractivity contribution in [1.82, 2.24) is 4.90 Å². The van der Waals surface area contributed by atoms with Gasteiger partial charge in [0.15, 0.2) is 0 Å². The van der Waals surface area contributed by atoms with Crippen LogP contribution in [0.3, 0.4) is 0 Å². The van der Waals surface area contributed by atoms with E-state index in [0.29, 0.717) is 45.1 Å². The lowest BCUT2D eigenvalue weighted by atomic mass is 9.66. The lowest BCUT2D eigenvalue weighted by Crippen LogP contribution is -2.69. The fourth-order valence-corrected chi connectivity index (χ4v) is 5.30. The number of piperidine rings is 1. The molecule has 25 heavy (non-hydrogen) atoms. The summed E-state index contributed by atoms with van der Waals surface area (Å²) in [7, 11) is 0. The summed E-state index contributed by atoms with van der Waals surface area (Å²) < 4.78 is 11.3. The maximum absolute atomic E-state index is 12.9. The summed E-state index contributed by atoms with van der Waals surface area (Å²) in [4.78, 5) is 16.0. The number of aliphatic hydroxyl groups is 1. The highest BCUT2D eigenvalue weighted by molar-refractivity contribution is 8.00. The van der Waals surface area contributed by atoms with Crippen LogP contribution in [0, 0.1) is 11.8 Å². The van der Waals surface area contributed by atoms with E-state index in [1.165, 1.54) is 0 Å². The van der Waals surface area contributed by atoms with Gasteiger partial charge in [-0.1, -0.05) is 18.2 Å². The molecule has 1 aromatic rings. The molecule has 0 aromatic heterocycles. The summed E-state index contributed by atoms with van der Waals surface area (Å²) >= 11 is 1.57. The summed E-state index contributed by atoms with van der Waals surface area (Å²) in [6.07, 6.45) is 1.45. The number of likely N-dealkylation sites (tertiary alicyclic amines) is 1. The van der Waals surface area contributed by atoms with Gasteiger partial charge >= 0.3 is 0 Å². The number of fused-ring (bicyclic) bond motifs is 3. The van der Waals surface area contributed by atoms with Crippen LogP contribution in [0.2, 0.25) is 0 Å². The molecule has 5 nitrogen and oxygen atoms in total. The molecule has 136 valence electrons. The highest BCUT2D eigenvalue weighted by atomic mass is 32.2. The largest absolute Gasteiger partial charge is 0.389 e. The van der Waals surface area contributed by atoms with Gasteiger partial charge in [-0.05, 0) is 18.6 Å². The minimum atomic E-state index is -0.757. The number of nitrogens with zero attached hydrogens (tertiary/aromatic N) is 1. The Morgan fingerprint density at radius 3 is 2.88 bits per heavy atom. The van der Waals surface area contributed by atoms with Gasteiger partial charge in [0.05, 0.1) is 24.6 Å². The van der Waals surface area contributed by atoms with Gasteiger partial charge in [-0.2, -0.15) is 0 Å². The second kappa shape index (κ2) is 7.27. The van der Waals surface area contributed by atoms with E-state index < -0.39 is 5.60 Å². The second-order valence-electron chi connectivity index (χ2n) is 7.20. The molecule has 3 heterocycles. The normalized spacial score (nSPS) is 34.9. The van der Waals surface area contributed by atoms with Gasteiger partial charge < -0.3 is 19.5 Å². The Balaban J connectivity index is 1.49. The van der Waals surface area contributed by atoms with Crippen LogP contribution in [-0.2, 0) is 14.3 Å². The predicted octanol–water partition coefficient (Wildman–Crippen LogP) is 1.79. The van der Waals surface area contributed by atoms with Crippen molar-refractivity contribution < 1.29 is 19.4 Å². The quantitative estimate of drug-likeness (QED) is 0.830. The zero-order valence-corrected chi connectivity index (χ0v) is 15.1. The summed E-state index contributed by atoms with van der Waals surface area (Å²) in [6.45, 7) is 2.90. The van der Waals surface area contributed by atoms with Crippen molar-refractivity contribution in [3.8, 4) is 0 Å². The van der Waals surface area contributed by atoms with E-state index in [2.05, 4.69) is 0 Å². The maximum atomic E-state index is 12.9. The monoisotopic (exact) mass is 363 g/mol. The minimum Gasteiger partial charge on any atom is -0.389 e. The molecule has 0 radical (unpaired) electrons. The van der Waals surface area contributed by atoms with Crippen molar-refractivity contribution in [2.75, 3.05) is 38.7 Å². The van der Waals surface area contributed by atoms with Crippen molar-refractivity contribution in [1.29, 1.82) is 0 Å². The number of carbonyl (C=O) groups excluding carboxylic acids is 1. The SMILES string of the molecule is O=C(CSc1ccccc1)N1C[C@H]2COCC[C@@]2(O)[C@@H]2COCC[C@@H]21. The number of ether oxygens (including phenoxy) is 2. The first-order valence-corrected chi connectivity index (χ1v) is 10.0. The van der Waals surface area contributed by atoms with E-state index in [4.69, 9.17) is 9.47 Å². The number of hydrogen-bond acceptors (Lipinski definition) is 5. The van der Waals surface area contributed by atoms with Crippen LogP contribution in [0.15, 0.2) is 35.2 Å². The Bertz CT molecular complexity index is 613. The minimum absolute atomic E-state index is 0.00502. The molecule has 3 saturated heterocycles. The molecule has 0 unspecified atom stereocenters. The molecule has 3 aliphatic rings. The lowest BCUT2D eigenvalue weighted by Gasteiger charge is -2.57. The van der Waals surface area contributed by atoms with E-state index >= 15 is 0 Å². The highest BCUT2D eigenvalue weighted by Crippen LogP contribution is 2.44. The van der Waals surface area contributed by atoms with Gasteiger partial charge in [0.25, 0.3) is 0 Å². The predicted molar refractivity (Wildman–Crippen MR) is 95.5 cm³/mol. The molecule has 6 heteroatoms. The first-order valence-electron chi connectivity index (χ1n) is 9.03. The third-order valence-corrected chi connectivity index (χ3v) is 6.87. The summed E-state index contributed by atoms with van der Waals surface area (Å²) in [5.74, 6) is 0.558.